The van der Waals surface area contributed by atoms with E-state index >= 15 is 0 Å². The van der Waals surface area contributed by atoms with Crippen LogP contribution in [0.5, 0.6) is 0 Å². The van der Waals surface area contributed by atoms with E-state index in [1.165, 1.54) is 11.4 Å². The maximum atomic E-state index is 12.4. The highest BCUT2D eigenvalue weighted by Crippen LogP contribution is 2.23. The van der Waals surface area contributed by atoms with Crippen LogP contribution in [0.25, 0.3) is 0 Å². The maximum Gasteiger partial charge on any atom is 0.307 e. The summed E-state index contributed by atoms with van der Waals surface area (Å²) in [5.41, 5.74) is 0.663. The number of hydrogen-bond donors (Lipinski definition) is 0. The molecule has 1 aromatic carbocycles. The summed E-state index contributed by atoms with van der Waals surface area (Å²) in [4.78, 5) is 11.5. The predicted octanol–water partition coefficient (Wildman–Crippen LogP) is 2.33. The highest BCUT2D eigenvalue weighted by molar-refractivity contribution is 9.10. The van der Waals surface area contributed by atoms with Crippen molar-refractivity contribution in [2.45, 2.75) is 25.2 Å². The molecule has 0 heterocycles. The fourth-order valence-corrected chi connectivity index (χ4v) is 3.55. The van der Waals surface area contributed by atoms with E-state index < -0.39 is 16.0 Å². The van der Waals surface area contributed by atoms with Gasteiger partial charge in [0.15, 0.2) is 0 Å². The fraction of sp³-hybridized carbons (Fsp3) is 0.462. The fourth-order valence-electron chi connectivity index (χ4n) is 1.62. The highest BCUT2D eigenvalue weighted by Gasteiger charge is 2.23. The number of carbonyl (C=O) groups is 1. The molecule has 20 heavy (non-hydrogen) atoms. The molecule has 0 atom stereocenters. The van der Waals surface area contributed by atoms with Crippen LogP contribution in [0.3, 0.4) is 0 Å². The molecule has 7 heteroatoms. The van der Waals surface area contributed by atoms with Gasteiger partial charge in [0.25, 0.3) is 0 Å². The summed E-state index contributed by atoms with van der Waals surface area (Å²) in [5, 5.41) is 0. The number of hydrogen-bond acceptors (Lipinski definition) is 4. The Morgan fingerprint density at radius 1 is 1.40 bits per heavy atom. The van der Waals surface area contributed by atoms with Crippen LogP contribution in [-0.2, 0) is 19.6 Å². The number of ether oxygens (including phenoxy) is 1. The molecular formula is C13H18BrNO4S. The molecule has 0 fully saturated rings. The Hall–Kier alpha value is -0.920. The van der Waals surface area contributed by atoms with Crippen molar-refractivity contribution >= 4 is 31.9 Å². The van der Waals surface area contributed by atoms with E-state index in [0.29, 0.717) is 16.6 Å². The van der Waals surface area contributed by atoms with E-state index in [-0.39, 0.29) is 17.9 Å². The average Bonchev–Trinajstić information content (AvgIpc) is 2.38. The number of rotatable bonds is 6. The molecule has 112 valence electrons. The zero-order valence-corrected chi connectivity index (χ0v) is 14.1. The molecule has 0 amide bonds. The Labute approximate surface area is 128 Å². The summed E-state index contributed by atoms with van der Waals surface area (Å²) >= 11 is 3.26. The maximum absolute atomic E-state index is 12.4. The van der Waals surface area contributed by atoms with Crippen LogP contribution in [0.2, 0.25) is 0 Å². The van der Waals surface area contributed by atoms with Gasteiger partial charge in [0.05, 0.1) is 17.9 Å². The van der Waals surface area contributed by atoms with E-state index in [0.717, 1.165) is 0 Å². The number of carbonyl (C=O) groups excluding carboxylic acids is 1. The van der Waals surface area contributed by atoms with Gasteiger partial charge in [-0.25, -0.2) is 12.7 Å². The summed E-state index contributed by atoms with van der Waals surface area (Å²) in [6.45, 7) is 3.83. The lowest BCUT2D eigenvalue weighted by Crippen LogP contribution is -2.30. The van der Waals surface area contributed by atoms with E-state index in [4.69, 9.17) is 4.74 Å². The van der Waals surface area contributed by atoms with Crippen LogP contribution in [0.1, 0.15) is 18.9 Å². The lowest BCUT2D eigenvalue weighted by molar-refractivity contribution is -0.143. The zero-order chi connectivity index (χ0) is 15.3. The first-order valence-corrected chi connectivity index (χ1v) is 8.40. The van der Waals surface area contributed by atoms with Crippen molar-refractivity contribution < 1.29 is 17.9 Å². The van der Waals surface area contributed by atoms with Crippen molar-refractivity contribution in [3.8, 4) is 0 Å². The first kappa shape index (κ1) is 17.1. The van der Waals surface area contributed by atoms with Crippen LogP contribution >= 0.6 is 15.9 Å². The summed E-state index contributed by atoms with van der Waals surface area (Å²) < 4.78 is 31.5. The minimum Gasteiger partial charge on any atom is -0.466 e. The number of esters is 1. The van der Waals surface area contributed by atoms with Gasteiger partial charge in [-0.05, 0) is 31.5 Å². The van der Waals surface area contributed by atoms with Crippen molar-refractivity contribution in [1.29, 1.82) is 0 Å². The molecule has 0 saturated heterocycles. The third-order valence-electron chi connectivity index (χ3n) is 2.77. The summed E-state index contributed by atoms with van der Waals surface area (Å²) in [7, 11) is -2.15. The highest BCUT2D eigenvalue weighted by atomic mass is 79.9. The number of nitrogens with zero attached hydrogens (tertiary/aromatic N) is 1. The van der Waals surface area contributed by atoms with Gasteiger partial charge in [-0.3, -0.25) is 4.79 Å². The topological polar surface area (TPSA) is 63.7 Å². The smallest absolute Gasteiger partial charge is 0.307 e. The molecule has 0 aliphatic carbocycles. The Morgan fingerprint density at radius 3 is 2.65 bits per heavy atom. The van der Waals surface area contributed by atoms with Gasteiger partial charge in [-0.15, -0.1) is 0 Å². The standard InChI is InChI=1S/C13H18BrNO4S/c1-4-19-13(16)7-8-15(3)20(17,18)12-9-11(14)6-5-10(12)2/h5-6,9H,4,7-8H2,1-3H3. The minimum absolute atomic E-state index is 0.0383. The van der Waals surface area contributed by atoms with E-state index in [1.807, 2.05) is 0 Å². The van der Waals surface area contributed by atoms with Crippen LogP contribution < -0.4 is 0 Å². The molecule has 1 aromatic rings. The molecule has 0 aliphatic heterocycles. The Morgan fingerprint density at radius 2 is 2.05 bits per heavy atom. The number of aryl methyl sites for hydroxylation is 1. The molecule has 0 aliphatic rings. The lowest BCUT2D eigenvalue weighted by atomic mass is 10.2. The zero-order valence-electron chi connectivity index (χ0n) is 11.7. The molecule has 0 N–H and O–H groups in total. The van der Waals surface area contributed by atoms with Gasteiger partial charge in [0, 0.05) is 18.1 Å². The second-order valence-corrected chi connectivity index (χ2v) is 7.22. The Kier molecular flexibility index (Phi) is 6.16. The van der Waals surface area contributed by atoms with Crippen LogP contribution in [0.15, 0.2) is 27.6 Å². The quantitative estimate of drug-likeness (QED) is 0.727. The largest absolute Gasteiger partial charge is 0.466 e. The molecule has 0 saturated carbocycles. The molecule has 1 rings (SSSR count). The van der Waals surface area contributed by atoms with Crippen molar-refractivity contribution in [3.63, 3.8) is 0 Å². The number of benzene rings is 1. The SMILES string of the molecule is CCOC(=O)CCN(C)S(=O)(=O)c1cc(Br)ccc1C. The van der Waals surface area contributed by atoms with E-state index in [2.05, 4.69) is 15.9 Å². The molecule has 5 nitrogen and oxygen atoms in total. The third kappa shape index (κ3) is 4.29. The Bertz CT molecular complexity index is 586. The van der Waals surface area contributed by atoms with E-state index in [9.17, 15) is 13.2 Å². The first-order chi connectivity index (χ1) is 9.28. The van der Waals surface area contributed by atoms with Crippen molar-refractivity contribution in [2.24, 2.45) is 0 Å². The van der Waals surface area contributed by atoms with Crippen molar-refractivity contribution in [3.05, 3.63) is 28.2 Å². The number of sulfonamides is 1. The van der Waals surface area contributed by atoms with Gasteiger partial charge >= 0.3 is 5.97 Å². The molecule has 0 spiro atoms. The predicted molar refractivity (Wildman–Crippen MR) is 79.9 cm³/mol. The summed E-state index contributed by atoms with van der Waals surface area (Å²) in [6.07, 6.45) is 0.0383. The molecular weight excluding hydrogens is 346 g/mol. The van der Waals surface area contributed by atoms with Crippen LogP contribution in [-0.4, -0.2) is 38.9 Å². The minimum atomic E-state index is -3.61. The molecule has 0 bridgehead atoms. The van der Waals surface area contributed by atoms with Crippen molar-refractivity contribution in [1.82, 2.24) is 4.31 Å². The summed E-state index contributed by atoms with van der Waals surface area (Å²) in [5.74, 6) is -0.402. The number of halogens is 1. The van der Waals surface area contributed by atoms with Gasteiger partial charge < -0.3 is 4.74 Å². The van der Waals surface area contributed by atoms with Crippen LogP contribution in [0.4, 0.5) is 0 Å². The molecule has 0 radical (unpaired) electrons. The van der Waals surface area contributed by atoms with Gasteiger partial charge in [-0.2, -0.15) is 0 Å². The second kappa shape index (κ2) is 7.19. The molecule has 0 aromatic heterocycles. The normalized spacial score (nSPS) is 11.7. The second-order valence-electron chi connectivity index (χ2n) is 4.29. The Balaban J connectivity index is 2.87. The average molecular weight is 364 g/mol. The molecule has 0 unspecified atom stereocenters. The third-order valence-corrected chi connectivity index (χ3v) is 5.27. The van der Waals surface area contributed by atoms with Gasteiger partial charge in [0.2, 0.25) is 10.0 Å². The van der Waals surface area contributed by atoms with Gasteiger partial charge in [-0.1, -0.05) is 22.0 Å². The van der Waals surface area contributed by atoms with Crippen LogP contribution in [0, 0.1) is 6.92 Å². The van der Waals surface area contributed by atoms with E-state index in [1.54, 1.807) is 32.0 Å². The summed E-state index contributed by atoms with van der Waals surface area (Å²) in [6, 6.07) is 5.08. The van der Waals surface area contributed by atoms with Gasteiger partial charge in [0.1, 0.15) is 0 Å². The lowest BCUT2D eigenvalue weighted by Gasteiger charge is -2.18. The monoisotopic (exact) mass is 363 g/mol. The first-order valence-electron chi connectivity index (χ1n) is 6.17. The van der Waals surface area contributed by atoms with Crippen molar-refractivity contribution in [2.75, 3.05) is 20.2 Å².